The molecule has 2 atom stereocenters. The predicted molar refractivity (Wildman–Crippen MR) is 94.6 cm³/mol. The molecule has 3 rings (SSSR count). The molecule has 0 aliphatic carbocycles. The molecule has 1 aliphatic rings. The van der Waals surface area contributed by atoms with Crippen molar-refractivity contribution in [2.45, 2.75) is 38.6 Å². The summed E-state index contributed by atoms with van der Waals surface area (Å²) in [4.78, 5) is 29.6. The summed E-state index contributed by atoms with van der Waals surface area (Å²) >= 11 is 5.86. The topological polar surface area (TPSA) is 96.5 Å². The van der Waals surface area contributed by atoms with Gasteiger partial charge in [-0.25, -0.2) is 0 Å². The molecule has 2 aromatic rings. The number of carboxylic acid groups (broad SMARTS) is 1. The lowest BCUT2D eigenvalue weighted by Crippen LogP contribution is -2.47. The molecule has 0 bridgehead atoms. The van der Waals surface area contributed by atoms with Crippen LogP contribution < -0.4 is 0 Å². The van der Waals surface area contributed by atoms with Crippen LogP contribution in [0.25, 0.3) is 11.4 Å². The van der Waals surface area contributed by atoms with Crippen LogP contribution in [0.1, 0.15) is 32.1 Å². The SMILES string of the molecule is CC1CCC(C(=O)O)CN1C(=O)CCc1nc(-c2ccc(Cl)cc2)no1. The van der Waals surface area contributed by atoms with Crippen molar-refractivity contribution >= 4 is 23.5 Å². The number of piperidine rings is 1. The van der Waals surface area contributed by atoms with Crippen LogP contribution >= 0.6 is 11.6 Å². The van der Waals surface area contributed by atoms with E-state index < -0.39 is 11.9 Å². The third-order valence-electron chi connectivity index (χ3n) is 4.67. The number of benzene rings is 1. The molecule has 2 unspecified atom stereocenters. The fourth-order valence-corrected chi connectivity index (χ4v) is 3.21. The molecule has 1 amide bonds. The Balaban J connectivity index is 1.59. The average molecular weight is 378 g/mol. The summed E-state index contributed by atoms with van der Waals surface area (Å²) in [5.74, 6) is -0.604. The smallest absolute Gasteiger partial charge is 0.308 e. The number of carboxylic acids is 1. The van der Waals surface area contributed by atoms with Crippen molar-refractivity contribution < 1.29 is 19.2 Å². The van der Waals surface area contributed by atoms with Crippen LogP contribution in [-0.4, -0.2) is 44.6 Å². The van der Waals surface area contributed by atoms with Crippen LogP contribution in [0.2, 0.25) is 5.02 Å². The monoisotopic (exact) mass is 377 g/mol. The Morgan fingerprint density at radius 1 is 1.31 bits per heavy atom. The third kappa shape index (κ3) is 4.22. The summed E-state index contributed by atoms with van der Waals surface area (Å²) in [6.07, 6.45) is 1.83. The minimum Gasteiger partial charge on any atom is -0.481 e. The standard InChI is InChI=1S/C18H20ClN3O4/c1-11-2-3-13(18(24)25)10-22(11)16(23)9-8-15-20-17(21-26-15)12-4-6-14(19)7-5-12/h4-7,11,13H,2-3,8-10H2,1H3,(H,24,25). The molecule has 7 nitrogen and oxygen atoms in total. The van der Waals surface area contributed by atoms with E-state index in [9.17, 15) is 14.7 Å². The molecule has 1 aromatic carbocycles. The number of hydrogen-bond donors (Lipinski definition) is 1. The van der Waals surface area contributed by atoms with Gasteiger partial charge in [0.2, 0.25) is 17.6 Å². The molecular weight excluding hydrogens is 358 g/mol. The largest absolute Gasteiger partial charge is 0.481 e. The van der Waals surface area contributed by atoms with E-state index >= 15 is 0 Å². The number of aryl methyl sites for hydroxylation is 1. The van der Waals surface area contributed by atoms with E-state index in [0.29, 0.717) is 36.0 Å². The second-order valence-corrected chi connectivity index (χ2v) is 6.96. The van der Waals surface area contributed by atoms with Gasteiger partial charge < -0.3 is 14.5 Å². The van der Waals surface area contributed by atoms with Gasteiger partial charge in [0.15, 0.2) is 0 Å². The van der Waals surface area contributed by atoms with E-state index in [1.807, 2.05) is 6.92 Å². The molecule has 138 valence electrons. The molecule has 0 spiro atoms. The first-order valence-corrected chi connectivity index (χ1v) is 8.92. The van der Waals surface area contributed by atoms with Crippen LogP contribution in [-0.2, 0) is 16.0 Å². The van der Waals surface area contributed by atoms with Crippen LogP contribution in [0.15, 0.2) is 28.8 Å². The summed E-state index contributed by atoms with van der Waals surface area (Å²) in [7, 11) is 0. The minimum atomic E-state index is -0.848. The highest BCUT2D eigenvalue weighted by atomic mass is 35.5. The lowest BCUT2D eigenvalue weighted by Gasteiger charge is -2.36. The second kappa shape index (κ2) is 7.86. The van der Waals surface area contributed by atoms with Gasteiger partial charge in [0.1, 0.15) is 0 Å². The first kappa shape index (κ1) is 18.4. The van der Waals surface area contributed by atoms with Crippen molar-refractivity contribution in [1.82, 2.24) is 15.0 Å². The van der Waals surface area contributed by atoms with Crippen molar-refractivity contribution in [3.8, 4) is 11.4 Å². The summed E-state index contributed by atoms with van der Waals surface area (Å²) in [5.41, 5.74) is 0.782. The number of aromatic nitrogens is 2. The highest BCUT2D eigenvalue weighted by molar-refractivity contribution is 6.30. The lowest BCUT2D eigenvalue weighted by molar-refractivity contribution is -0.147. The number of nitrogens with zero attached hydrogens (tertiary/aromatic N) is 3. The zero-order valence-electron chi connectivity index (χ0n) is 14.4. The highest BCUT2D eigenvalue weighted by Crippen LogP contribution is 2.23. The minimum absolute atomic E-state index is 0.0467. The molecule has 1 aromatic heterocycles. The van der Waals surface area contributed by atoms with Gasteiger partial charge in [-0.15, -0.1) is 0 Å². The number of halogens is 1. The number of carbonyl (C=O) groups excluding carboxylic acids is 1. The van der Waals surface area contributed by atoms with E-state index in [-0.39, 0.29) is 24.9 Å². The van der Waals surface area contributed by atoms with Gasteiger partial charge in [-0.2, -0.15) is 4.98 Å². The molecular formula is C18H20ClN3O4. The van der Waals surface area contributed by atoms with Gasteiger partial charge in [-0.1, -0.05) is 16.8 Å². The number of aliphatic carboxylic acids is 1. The van der Waals surface area contributed by atoms with Gasteiger partial charge in [-0.05, 0) is 44.0 Å². The Labute approximate surface area is 155 Å². The van der Waals surface area contributed by atoms with Gasteiger partial charge in [0.05, 0.1) is 5.92 Å². The summed E-state index contributed by atoms with van der Waals surface area (Å²) in [6.45, 7) is 2.20. The Bertz CT molecular complexity index is 790. The van der Waals surface area contributed by atoms with Crippen molar-refractivity contribution in [2.24, 2.45) is 5.92 Å². The highest BCUT2D eigenvalue weighted by Gasteiger charge is 2.32. The van der Waals surface area contributed by atoms with Gasteiger partial charge in [0, 0.05) is 36.0 Å². The average Bonchev–Trinajstić information content (AvgIpc) is 3.09. The van der Waals surface area contributed by atoms with E-state index in [1.54, 1.807) is 29.2 Å². The van der Waals surface area contributed by atoms with Crippen molar-refractivity contribution in [3.05, 3.63) is 35.2 Å². The number of amides is 1. The van der Waals surface area contributed by atoms with E-state index in [2.05, 4.69) is 10.1 Å². The van der Waals surface area contributed by atoms with Crippen molar-refractivity contribution in [1.29, 1.82) is 0 Å². The maximum Gasteiger partial charge on any atom is 0.308 e. The molecule has 1 saturated heterocycles. The maximum atomic E-state index is 12.5. The fourth-order valence-electron chi connectivity index (χ4n) is 3.09. The summed E-state index contributed by atoms with van der Waals surface area (Å²) < 4.78 is 5.21. The van der Waals surface area contributed by atoms with Gasteiger partial charge >= 0.3 is 5.97 Å². The first-order valence-electron chi connectivity index (χ1n) is 8.55. The molecule has 0 saturated carbocycles. The van der Waals surface area contributed by atoms with Gasteiger partial charge in [0.25, 0.3) is 0 Å². The Morgan fingerprint density at radius 3 is 2.73 bits per heavy atom. The Morgan fingerprint density at radius 2 is 2.04 bits per heavy atom. The van der Waals surface area contributed by atoms with E-state index in [1.165, 1.54) is 0 Å². The third-order valence-corrected chi connectivity index (χ3v) is 4.93. The van der Waals surface area contributed by atoms with E-state index in [0.717, 1.165) is 5.56 Å². The number of carbonyl (C=O) groups is 2. The van der Waals surface area contributed by atoms with Crippen LogP contribution in [0.3, 0.4) is 0 Å². The number of likely N-dealkylation sites (tertiary alicyclic amines) is 1. The normalized spacial score (nSPS) is 20.2. The lowest BCUT2D eigenvalue weighted by atomic mass is 9.93. The van der Waals surface area contributed by atoms with Crippen molar-refractivity contribution in [2.75, 3.05) is 6.54 Å². The fraction of sp³-hybridized carbons (Fsp3) is 0.444. The molecule has 1 fully saturated rings. The maximum absolute atomic E-state index is 12.5. The molecule has 1 aliphatic heterocycles. The van der Waals surface area contributed by atoms with Crippen LogP contribution in [0, 0.1) is 5.92 Å². The molecule has 26 heavy (non-hydrogen) atoms. The van der Waals surface area contributed by atoms with Crippen LogP contribution in [0.4, 0.5) is 0 Å². The molecule has 8 heteroatoms. The zero-order chi connectivity index (χ0) is 18.7. The quantitative estimate of drug-likeness (QED) is 0.860. The molecule has 0 radical (unpaired) electrons. The van der Waals surface area contributed by atoms with Crippen molar-refractivity contribution in [3.63, 3.8) is 0 Å². The van der Waals surface area contributed by atoms with Crippen LogP contribution in [0.5, 0.6) is 0 Å². The summed E-state index contributed by atoms with van der Waals surface area (Å²) in [5, 5.41) is 13.7. The second-order valence-electron chi connectivity index (χ2n) is 6.53. The summed E-state index contributed by atoms with van der Waals surface area (Å²) in [6, 6.07) is 7.12. The molecule has 2 heterocycles. The van der Waals surface area contributed by atoms with Gasteiger partial charge in [-0.3, -0.25) is 9.59 Å². The predicted octanol–water partition coefficient (Wildman–Crippen LogP) is 3.03. The Hall–Kier alpha value is -2.41. The zero-order valence-corrected chi connectivity index (χ0v) is 15.1. The molecule has 1 N–H and O–H groups in total. The number of rotatable bonds is 5. The Kier molecular flexibility index (Phi) is 5.56. The van der Waals surface area contributed by atoms with E-state index in [4.69, 9.17) is 16.1 Å². The number of hydrogen-bond acceptors (Lipinski definition) is 5. The first-order chi connectivity index (χ1) is 12.4.